The maximum Gasteiger partial charge on any atom is 0.404 e. The van der Waals surface area contributed by atoms with Crippen LogP contribution in [-0.4, -0.2) is 87.5 Å². The molecule has 1 unspecified atom stereocenters. The molecule has 1 saturated heterocycles. The highest BCUT2D eigenvalue weighted by atomic mass is 16.5. The largest absolute Gasteiger partial charge is 0.481 e. The molecular formula is C48H55N5O6. The van der Waals surface area contributed by atoms with Gasteiger partial charge in [0, 0.05) is 43.2 Å². The van der Waals surface area contributed by atoms with Gasteiger partial charge in [-0.25, -0.2) is 14.6 Å². The van der Waals surface area contributed by atoms with E-state index in [0.717, 1.165) is 33.5 Å². The summed E-state index contributed by atoms with van der Waals surface area (Å²) >= 11 is 0. The van der Waals surface area contributed by atoms with E-state index in [1.165, 1.54) is 0 Å². The molecule has 4 amide bonds. The Kier molecular flexibility index (Phi) is 14.0. The fraction of sp³-hybridized carbons (Fsp3) is 0.333. The number of amides is 4. The highest BCUT2D eigenvalue weighted by Gasteiger charge is 2.45. The van der Waals surface area contributed by atoms with Crippen molar-refractivity contribution in [3.05, 3.63) is 156 Å². The van der Waals surface area contributed by atoms with Crippen LogP contribution in [-0.2, 0) is 24.2 Å². The van der Waals surface area contributed by atoms with E-state index in [1.54, 1.807) is 23.0 Å². The summed E-state index contributed by atoms with van der Waals surface area (Å²) in [5.74, 6) is -0.294. The Labute approximate surface area is 347 Å². The molecule has 11 nitrogen and oxygen atoms in total. The molecule has 6 rings (SSSR count). The lowest BCUT2D eigenvalue weighted by Gasteiger charge is -2.40. The smallest absolute Gasteiger partial charge is 0.404 e. The molecule has 11 heteroatoms. The second-order valence-electron chi connectivity index (χ2n) is 16.3. The van der Waals surface area contributed by atoms with Crippen molar-refractivity contribution in [3.8, 4) is 17.1 Å². The number of carboxylic acid groups (broad SMARTS) is 1. The predicted octanol–water partition coefficient (Wildman–Crippen LogP) is 7.55. The molecule has 0 saturated carbocycles. The number of aromatic nitrogens is 1. The zero-order valence-electron chi connectivity index (χ0n) is 34.2. The van der Waals surface area contributed by atoms with Gasteiger partial charge in [0.1, 0.15) is 6.04 Å². The monoisotopic (exact) mass is 797 g/mol. The van der Waals surface area contributed by atoms with Gasteiger partial charge in [-0.1, -0.05) is 142 Å². The van der Waals surface area contributed by atoms with Gasteiger partial charge in [-0.05, 0) is 53.0 Å². The van der Waals surface area contributed by atoms with Gasteiger partial charge in [-0.3, -0.25) is 4.79 Å². The van der Waals surface area contributed by atoms with Crippen LogP contribution in [0.25, 0.3) is 11.3 Å². The van der Waals surface area contributed by atoms with Crippen LogP contribution in [0.4, 0.5) is 9.59 Å². The Morgan fingerprint density at radius 3 is 1.98 bits per heavy atom. The Balaban J connectivity index is 1.30. The molecule has 0 bridgehead atoms. The lowest BCUT2D eigenvalue weighted by molar-refractivity contribution is -0.130. The Morgan fingerprint density at radius 1 is 0.763 bits per heavy atom. The number of hydrogen-bond acceptors (Lipinski definition) is 6. The minimum Gasteiger partial charge on any atom is -0.481 e. The number of urea groups is 1. The van der Waals surface area contributed by atoms with Gasteiger partial charge in [0.05, 0.1) is 24.9 Å². The van der Waals surface area contributed by atoms with E-state index in [0.29, 0.717) is 31.9 Å². The van der Waals surface area contributed by atoms with E-state index >= 15 is 0 Å². The summed E-state index contributed by atoms with van der Waals surface area (Å²) in [6, 6.07) is 40.0. The summed E-state index contributed by atoms with van der Waals surface area (Å²) < 4.78 is 5.29. The van der Waals surface area contributed by atoms with Crippen molar-refractivity contribution in [2.45, 2.75) is 76.7 Å². The van der Waals surface area contributed by atoms with Crippen LogP contribution in [0.15, 0.2) is 133 Å². The maximum absolute atomic E-state index is 14.9. The summed E-state index contributed by atoms with van der Waals surface area (Å²) in [5.41, 5.74) is 4.72. The fourth-order valence-electron chi connectivity index (χ4n) is 8.11. The van der Waals surface area contributed by atoms with Crippen LogP contribution in [0.3, 0.4) is 0 Å². The van der Waals surface area contributed by atoms with Crippen molar-refractivity contribution >= 4 is 18.0 Å². The van der Waals surface area contributed by atoms with Gasteiger partial charge in [-0.2, -0.15) is 0 Å². The first kappa shape index (κ1) is 42.4. The minimum absolute atomic E-state index is 0.00223. The fourth-order valence-corrected chi connectivity index (χ4v) is 8.11. The summed E-state index contributed by atoms with van der Waals surface area (Å²) in [7, 11) is 1.57. The number of aliphatic hydroxyl groups excluding tert-OH is 1. The van der Waals surface area contributed by atoms with Gasteiger partial charge in [0.15, 0.2) is 0 Å². The number of carbonyl (C=O) groups excluding carboxylic acids is 2. The van der Waals surface area contributed by atoms with Crippen molar-refractivity contribution in [1.29, 1.82) is 0 Å². The Morgan fingerprint density at radius 2 is 1.37 bits per heavy atom. The zero-order valence-corrected chi connectivity index (χ0v) is 34.2. The third-order valence-electron chi connectivity index (χ3n) is 10.9. The number of nitrogens with zero attached hydrogens (tertiary/aromatic N) is 3. The predicted molar refractivity (Wildman–Crippen MR) is 229 cm³/mol. The minimum atomic E-state index is -1.22. The van der Waals surface area contributed by atoms with Crippen LogP contribution >= 0.6 is 0 Å². The quantitative estimate of drug-likeness (QED) is 0.0761. The molecule has 1 aromatic heterocycles. The summed E-state index contributed by atoms with van der Waals surface area (Å²) in [4.78, 5) is 49.0. The lowest BCUT2D eigenvalue weighted by Crippen LogP contribution is -2.59. The zero-order chi connectivity index (χ0) is 41.9. The molecule has 1 fully saturated rings. The number of rotatable bonds is 17. The van der Waals surface area contributed by atoms with Crippen LogP contribution < -0.4 is 15.4 Å². The normalized spacial score (nSPS) is 15.5. The van der Waals surface area contributed by atoms with E-state index in [1.807, 2.05) is 148 Å². The van der Waals surface area contributed by atoms with Crippen LogP contribution in [0.2, 0.25) is 0 Å². The summed E-state index contributed by atoms with van der Waals surface area (Å²) in [5, 5.41) is 28.3. The van der Waals surface area contributed by atoms with Gasteiger partial charge in [-0.15, -0.1) is 0 Å². The first-order valence-electron chi connectivity index (χ1n) is 20.2. The van der Waals surface area contributed by atoms with E-state index in [9.17, 15) is 24.6 Å². The van der Waals surface area contributed by atoms with Crippen molar-refractivity contribution in [1.82, 2.24) is 25.4 Å². The van der Waals surface area contributed by atoms with Crippen molar-refractivity contribution in [3.63, 3.8) is 0 Å². The lowest BCUT2D eigenvalue weighted by atomic mass is 9.80. The Hall–Kier alpha value is -6.20. The molecule has 2 heterocycles. The van der Waals surface area contributed by atoms with Crippen molar-refractivity contribution in [2.24, 2.45) is 5.41 Å². The molecule has 5 atom stereocenters. The molecule has 308 valence electrons. The van der Waals surface area contributed by atoms with Gasteiger partial charge in [0.2, 0.25) is 11.8 Å². The summed E-state index contributed by atoms with van der Waals surface area (Å²) in [6.45, 7) is 7.10. The van der Waals surface area contributed by atoms with Crippen molar-refractivity contribution < 1.29 is 29.3 Å². The van der Waals surface area contributed by atoms with E-state index in [-0.39, 0.29) is 24.8 Å². The standard InChI is InChI=1S/C48H55N5O6/c1-48(2,3)44(53-28-27-52(47(53)58)32-35-17-10-6-11-18-35)45(55)51-43(39(36-19-12-7-13-20-36)30-33-15-8-5-9-16-33)41(54)31-38(49-46(56)57)29-34-23-25-37(26-24-34)40-21-14-22-42(50-40)59-4/h5-26,38-39,41,43-44,49,54H,27-32H2,1-4H3,(H,51,55)(H,56,57)/t38-,39?,41-,43-,44+/m0/s1. The average Bonchev–Trinajstić information content (AvgIpc) is 3.57. The van der Waals surface area contributed by atoms with Gasteiger partial charge >= 0.3 is 12.1 Å². The number of carbonyl (C=O) groups is 3. The molecule has 0 radical (unpaired) electrons. The number of pyridine rings is 1. The molecule has 5 aromatic rings. The Bertz CT molecular complexity index is 2130. The van der Waals surface area contributed by atoms with Crippen LogP contribution in [0.1, 0.15) is 55.4 Å². The van der Waals surface area contributed by atoms with Crippen molar-refractivity contribution in [2.75, 3.05) is 20.2 Å². The molecule has 0 aliphatic carbocycles. The van der Waals surface area contributed by atoms with Gasteiger partial charge in [0.25, 0.3) is 0 Å². The number of aliphatic hydroxyl groups is 1. The second kappa shape index (κ2) is 19.5. The van der Waals surface area contributed by atoms with E-state index in [2.05, 4.69) is 15.6 Å². The third-order valence-corrected chi connectivity index (χ3v) is 10.9. The first-order chi connectivity index (χ1) is 28.4. The highest BCUT2D eigenvalue weighted by Crippen LogP contribution is 2.32. The molecule has 0 spiro atoms. The number of hydrogen-bond donors (Lipinski definition) is 4. The van der Waals surface area contributed by atoms with E-state index in [4.69, 9.17) is 4.74 Å². The summed E-state index contributed by atoms with van der Waals surface area (Å²) in [6.07, 6.45) is -1.65. The average molecular weight is 798 g/mol. The topological polar surface area (TPSA) is 144 Å². The third kappa shape index (κ3) is 11.3. The van der Waals surface area contributed by atoms with Gasteiger partial charge < -0.3 is 35.4 Å². The first-order valence-corrected chi connectivity index (χ1v) is 20.2. The highest BCUT2D eigenvalue weighted by molar-refractivity contribution is 5.89. The molecule has 4 aromatic carbocycles. The number of methoxy groups -OCH3 is 1. The van der Waals surface area contributed by atoms with E-state index < -0.39 is 41.7 Å². The molecular weight excluding hydrogens is 743 g/mol. The van der Waals surface area contributed by atoms with Crippen LogP contribution in [0.5, 0.6) is 5.88 Å². The number of ether oxygens (including phenoxy) is 1. The second-order valence-corrected chi connectivity index (χ2v) is 16.3. The molecule has 59 heavy (non-hydrogen) atoms. The molecule has 1 aliphatic rings. The SMILES string of the molecule is COc1cccc(-c2ccc(C[C@@H](C[C@H](O)[C@@H](NC(=O)[C@@H](N3CCN(Cc4ccccc4)C3=O)C(C)(C)C)C(Cc3ccccc3)c3ccccc3)NC(=O)O)cc2)n1. The molecule has 4 N–H and O–H groups in total. The molecule has 1 aliphatic heterocycles. The van der Waals surface area contributed by atoms with Crippen LogP contribution in [0, 0.1) is 5.41 Å². The maximum atomic E-state index is 14.9. The number of benzene rings is 4. The number of nitrogens with one attached hydrogen (secondary N) is 2.